The van der Waals surface area contributed by atoms with Gasteiger partial charge in [-0.15, -0.1) is 0 Å². The summed E-state index contributed by atoms with van der Waals surface area (Å²) in [6, 6.07) is 26.0. The number of amides is 1. The van der Waals surface area contributed by atoms with Gasteiger partial charge in [-0.1, -0.05) is 72.3 Å². The molecule has 9 heteroatoms. The van der Waals surface area contributed by atoms with E-state index in [9.17, 15) is 22.8 Å². The van der Waals surface area contributed by atoms with E-state index in [4.69, 9.17) is 4.74 Å². The van der Waals surface area contributed by atoms with Gasteiger partial charge in [-0.05, 0) is 42.8 Å². The Morgan fingerprint density at radius 1 is 0.900 bits per heavy atom. The number of aromatic amines is 1. The molecule has 0 atom stereocenters. The Labute approximate surface area is 227 Å². The van der Waals surface area contributed by atoms with Gasteiger partial charge < -0.3 is 9.72 Å². The number of nitrogens with one attached hydrogen (secondary N) is 2. The summed E-state index contributed by atoms with van der Waals surface area (Å²) >= 11 is 0. The molecule has 0 aliphatic carbocycles. The number of esters is 1. The molecule has 5 rings (SSSR count). The topological polar surface area (TPSA) is 83.5 Å². The van der Waals surface area contributed by atoms with Crippen LogP contribution >= 0.6 is 0 Å². The van der Waals surface area contributed by atoms with Gasteiger partial charge in [-0.2, -0.15) is 18.3 Å². The lowest BCUT2D eigenvalue weighted by atomic mass is 10.0. The highest BCUT2D eigenvalue weighted by atomic mass is 19.4. The minimum atomic E-state index is -4.62. The van der Waals surface area contributed by atoms with Gasteiger partial charge in [0.1, 0.15) is 11.4 Å². The number of hydrazone groups is 1. The number of carbonyl (C=O) groups is 2. The molecule has 0 aliphatic rings. The van der Waals surface area contributed by atoms with E-state index in [-0.39, 0.29) is 22.3 Å². The van der Waals surface area contributed by atoms with Crippen LogP contribution in [0.3, 0.4) is 0 Å². The molecule has 1 heterocycles. The van der Waals surface area contributed by atoms with Crippen LogP contribution in [0.2, 0.25) is 0 Å². The van der Waals surface area contributed by atoms with Gasteiger partial charge >= 0.3 is 12.1 Å². The second kappa shape index (κ2) is 10.9. The summed E-state index contributed by atoms with van der Waals surface area (Å²) in [7, 11) is 0. The zero-order valence-corrected chi connectivity index (χ0v) is 21.1. The molecule has 1 aromatic heterocycles. The normalized spacial score (nSPS) is 11.6. The highest BCUT2D eigenvalue weighted by molar-refractivity contribution is 6.10. The van der Waals surface area contributed by atoms with Crippen LogP contribution in [0.15, 0.2) is 102 Å². The Bertz CT molecular complexity index is 1740. The lowest BCUT2D eigenvalue weighted by Gasteiger charge is -2.08. The number of halogens is 3. The van der Waals surface area contributed by atoms with Crippen LogP contribution in [0.5, 0.6) is 5.75 Å². The van der Waals surface area contributed by atoms with Crippen molar-refractivity contribution >= 4 is 29.0 Å². The smallest absolute Gasteiger partial charge is 0.418 e. The Morgan fingerprint density at radius 2 is 1.62 bits per heavy atom. The van der Waals surface area contributed by atoms with Crippen LogP contribution < -0.4 is 10.2 Å². The van der Waals surface area contributed by atoms with Crippen LogP contribution in [0.1, 0.15) is 37.5 Å². The summed E-state index contributed by atoms with van der Waals surface area (Å²) in [5, 5.41) is 4.24. The number of H-pyrrole nitrogens is 1. The Kier molecular flexibility index (Phi) is 7.20. The van der Waals surface area contributed by atoms with E-state index in [1.165, 1.54) is 18.3 Å². The fourth-order valence-electron chi connectivity index (χ4n) is 4.36. The van der Waals surface area contributed by atoms with Crippen LogP contribution in [0.4, 0.5) is 13.2 Å². The molecule has 0 aliphatic heterocycles. The number of alkyl halides is 3. The summed E-state index contributed by atoms with van der Waals surface area (Å²) in [5.41, 5.74) is 3.80. The summed E-state index contributed by atoms with van der Waals surface area (Å²) in [6.07, 6.45) is -3.33. The van der Waals surface area contributed by atoms with Gasteiger partial charge in [0.05, 0.1) is 22.9 Å². The number of para-hydroxylation sites is 2. The van der Waals surface area contributed by atoms with Gasteiger partial charge in [0, 0.05) is 16.5 Å². The van der Waals surface area contributed by atoms with Crippen LogP contribution in [0, 0.1) is 6.92 Å². The number of ether oxygens (including phenoxy) is 1. The van der Waals surface area contributed by atoms with E-state index in [1.54, 1.807) is 72.8 Å². The maximum absolute atomic E-state index is 13.7. The first-order chi connectivity index (χ1) is 19.2. The van der Waals surface area contributed by atoms with Crippen LogP contribution in [-0.4, -0.2) is 23.1 Å². The first-order valence-corrected chi connectivity index (χ1v) is 12.2. The Morgan fingerprint density at radius 3 is 2.38 bits per heavy atom. The number of aryl methyl sites for hydroxylation is 1. The average Bonchev–Trinajstić information content (AvgIpc) is 3.34. The number of benzene rings is 4. The molecule has 0 spiro atoms. The summed E-state index contributed by atoms with van der Waals surface area (Å²) in [4.78, 5) is 28.5. The Hall–Kier alpha value is -5.18. The summed E-state index contributed by atoms with van der Waals surface area (Å²) < 4.78 is 46.7. The summed E-state index contributed by atoms with van der Waals surface area (Å²) in [6.45, 7) is 1.86. The van der Waals surface area contributed by atoms with E-state index in [1.807, 2.05) is 13.0 Å². The van der Waals surface area contributed by atoms with Crippen molar-refractivity contribution in [2.24, 2.45) is 5.10 Å². The largest absolute Gasteiger partial charge is 0.422 e. The van der Waals surface area contributed by atoms with Crippen molar-refractivity contribution in [3.63, 3.8) is 0 Å². The fraction of sp³-hybridized carbons (Fsp3) is 0.0645. The zero-order chi connectivity index (χ0) is 28.3. The number of hydrogen-bond donors (Lipinski definition) is 2. The van der Waals surface area contributed by atoms with Crippen molar-refractivity contribution in [2.75, 3.05) is 0 Å². The van der Waals surface area contributed by atoms with Gasteiger partial charge in [-0.3, -0.25) is 4.79 Å². The number of rotatable bonds is 6. The molecular weight excluding hydrogens is 519 g/mol. The summed E-state index contributed by atoms with van der Waals surface area (Å²) in [5.74, 6) is -1.08. The third kappa shape index (κ3) is 5.49. The predicted octanol–water partition coefficient (Wildman–Crippen LogP) is 7.15. The molecule has 5 aromatic rings. The molecule has 0 radical (unpaired) electrons. The van der Waals surface area contributed by atoms with Crippen LogP contribution in [-0.2, 0) is 6.18 Å². The van der Waals surface area contributed by atoms with Crippen molar-refractivity contribution in [3.05, 3.63) is 125 Å². The van der Waals surface area contributed by atoms with Crippen molar-refractivity contribution in [3.8, 4) is 16.9 Å². The van der Waals surface area contributed by atoms with Crippen molar-refractivity contribution in [1.29, 1.82) is 0 Å². The van der Waals surface area contributed by atoms with Gasteiger partial charge in [0.2, 0.25) is 0 Å². The Balaban J connectivity index is 1.44. The lowest BCUT2D eigenvalue weighted by molar-refractivity contribution is -0.136. The van der Waals surface area contributed by atoms with E-state index in [2.05, 4.69) is 15.5 Å². The predicted molar refractivity (Wildman–Crippen MR) is 146 cm³/mol. The SMILES string of the molecule is Cc1cccc(C(=O)Oc2ccccc2C=NNC(=O)c2[nH]c3c(C(F)(F)F)cccc3c2-c2ccccc2)c1. The second-order valence-corrected chi connectivity index (χ2v) is 8.96. The first kappa shape index (κ1) is 26.4. The fourth-order valence-corrected chi connectivity index (χ4v) is 4.36. The molecule has 2 N–H and O–H groups in total. The maximum atomic E-state index is 13.7. The number of fused-ring (bicyclic) bond motifs is 1. The average molecular weight is 542 g/mol. The maximum Gasteiger partial charge on any atom is 0.418 e. The standard InChI is InChI=1S/C31H22F3N3O3/c1-19-9-7-13-21(17-19)30(39)40-25-16-6-5-12-22(25)18-35-37-29(38)28-26(20-10-3-2-4-11-20)23-14-8-15-24(27(23)36-28)31(32,33)34/h2-18,36H,1H3,(H,37,38). The quantitative estimate of drug-likeness (QED) is 0.104. The second-order valence-electron chi connectivity index (χ2n) is 8.96. The molecule has 0 unspecified atom stereocenters. The number of hydrogen-bond acceptors (Lipinski definition) is 4. The van der Waals surface area contributed by atoms with E-state index in [0.717, 1.165) is 11.6 Å². The minimum Gasteiger partial charge on any atom is -0.422 e. The molecule has 0 saturated carbocycles. The molecular formula is C31H22F3N3O3. The van der Waals surface area contributed by atoms with Gasteiger partial charge in [-0.25, -0.2) is 10.2 Å². The van der Waals surface area contributed by atoms with Crippen molar-refractivity contribution in [1.82, 2.24) is 10.4 Å². The molecule has 6 nitrogen and oxygen atoms in total. The van der Waals surface area contributed by atoms with Gasteiger partial charge in [0.25, 0.3) is 5.91 Å². The van der Waals surface area contributed by atoms with Crippen molar-refractivity contribution in [2.45, 2.75) is 13.1 Å². The van der Waals surface area contributed by atoms with E-state index in [0.29, 0.717) is 22.3 Å². The highest BCUT2D eigenvalue weighted by Gasteiger charge is 2.34. The molecule has 1 amide bonds. The first-order valence-electron chi connectivity index (χ1n) is 12.2. The molecule has 200 valence electrons. The molecule has 0 bridgehead atoms. The minimum absolute atomic E-state index is 0.0748. The lowest BCUT2D eigenvalue weighted by Crippen LogP contribution is -2.19. The molecule has 0 fully saturated rings. The van der Waals surface area contributed by atoms with E-state index >= 15 is 0 Å². The van der Waals surface area contributed by atoms with Crippen molar-refractivity contribution < 1.29 is 27.5 Å². The molecule has 40 heavy (non-hydrogen) atoms. The van der Waals surface area contributed by atoms with Crippen LogP contribution in [0.25, 0.3) is 22.0 Å². The highest BCUT2D eigenvalue weighted by Crippen LogP contribution is 2.39. The third-order valence-corrected chi connectivity index (χ3v) is 6.17. The van der Waals surface area contributed by atoms with E-state index < -0.39 is 23.6 Å². The zero-order valence-electron chi connectivity index (χ0n) is 21.1. The monoisotopic (exact) mass is 541 g/mol. The molecule has 0 saturated heterocycles. The molecule has 4 aromatic carbocycles. The third-order valence-electron chi connectivity index (χ3n) is 6.17. The number of nitrogens with zero attached hydrogens (tertiary/aromatic N) is 1. The number of aromatic nitrogens is 1. The van der Waals surface area contributed by atoms with Gasteiger partial charge in [0.15, 0.2) is 0 Å². The number of carbonyl (C=O) groups excluding carboxylic acids is 2.